The second kappa shape index (κ2) is 12.6. The van der Waals surface area contributed by atoms with Gasteiger partial charge in [0.25, 0.3) is 0 Å². The lowest BCUT2D eigenvalue weighted by Gasteiger charge is -2.21. The van der Waals surface area contributed by atoms with Crippen molar-refractivity contribution in [1.29, 1.82) is 0 Å². The van der Waals surface area contributed by atoms with Gasteiger partial charge in [-0.1, -0.05) is 83.9 Å². The van der Waals surface area contributed by atoms with Crippen molar-refractivity contribution in [2.75, 3.05) is 11.9 Å². The van der Waals surface area contributed by atoms with Gasteiger partial charge in [-0.05, 0) is 49.6 Å². The van der Waals surface area contributed by atoms with Gasteiger partial charge in [0.05, 0.1) is 15.7 Å². The molecule has 0 aliphatic carbocycles. The Morgan fingerprint density at radius 3 is 2.00 bits per heavy atom. The number of nitrogens with one attached hydrogen (secondary N) is 2. The first kappa shape index (κ1) is 28.0. The van der Waals surface area contributed by atoms with Crippen LogP contribution in [-0.4, -0.2) is 30.1 Å². The Bertz CT molecular complexity index is 1220. The fourth-order valence-corrected chi connectivity index (χ4v) is 3.89. The van der Waals surface area contributed by atoms with Gasteiger partial charge in [0.1, 0.15) is 12.2 Å². The third-order valence-corrected chi connectivity index (χ3v) is 5.67. The molecule has 0 spiro atoms. The highest BCUT2D eigenvalue weighted by Gasteiger charge is 2.31. The summed E-state index contributed by atoms with van der Waals surface area (Å²) in [4.78, 5) is 38.3. The topological polar surface area (TPSA) is 93.7 Å². The summed E-state index contributed by atoms with van der Waals surface area (Å²) in [6, 6.07) is 21.8. The van der Waals surface area contributed by atoms with Crippen molar-refractivity contribution < 1.29 is 23.9 Å². The Morgan fingerprint density at radius 2 is 1.43 bits per heavy atom. The smallest absolute Gasteiger partial charge is 0.407 e. The standard InChI is InChI=1S/C28H28Cl2N2O5/c1-28(2,3)37-27(35)31-16-21(26(34)36-17-18-10-6-4-7-11-18)25(33)32-24-22(29)14-20(15-23(24)30)19-12-8-5-9-13-19/h4-15,21H,16-17H2,1-3H3,(H,31,35)(H,32,33)/t21-/m0/s1. The van der Waals surface area contributed by atoms with E-state index in [4.69, 9.17) is 32.7 Å². The summed E-state index contributed by atoms with van der Waals surface area (Å²) in [6.45, 7) is 4.71. The van der Waals surface area contributed by atoms with E-state index in [1.54, 1.807) is 57.2 Å². The number of hydrogen-bond donors (Lipinski definition) is 2. The summed E-state index contributed by atoms with van der Waals surface area (Å²) in [5.74, 6) is -2.96. The molecule has 3 aromatic rings. The van der Waals surface area contributed by atoms with E-state index >= 15 is 0 Å². The van der Waals surface area contributed by atoms with Crippen molar-refractivity contribution in [3.63, 3.8) is 0 Å². The van der Waals surface area contributed by atoms with Gasteiger partial charge < -0.3 is 20.1 Å². The van der Waals surface area contributed by atoms with E-state index in [1.807, 2.05) is 36.4 Å². The molecule has 3 aromatic carbocycles. The van der Waals surface area contributed by atoms with Crippen LogP contribution in [0.25, 0.3) is 11.1 Å². The maximum absolute atomic E-state index is 13.2. The lowest BCUT2D eigenvalue weighted by atomic mass is 10.0. The van der Waals surface area contributed by atoms with Gasteiger partial charge in [0.2, 0.25) is 5.91 Å². The van der Waals surface area contributed by atoms with Gasteiger partial charge in [0, 0.05) is 6.54 Å². The quantitative estimate of drug-likeness (QED) is 0.251. The average molecular weight is 543 g/mol. The largest absolute Gasteiger partial charge is 0.460 e. The molecule has 2 N–H and O–H groups in total. The molecule has 0 aliphatic rings. The number of benzene rings is 3. The molecule has 0 unspecified atom stereocenters. The van der Waals surface area contributed by atoms with Crippen molar-refractivity contribution in [2.24, 2.45) is 5.92 Å². The van der Waals surface area contributed by atoms with Crippen molar-refractivity contribution in [3.05, 3.63) is 88.4 Å². The zero-order chi connectivity index (χ0) is 27.0. The molecule has 0 bridgehead atoms. The Hall–Kier alpha value is -3.55. The molecule has 2 amide bonds. The maximum atomic E-state index is 13.2. The zero-order valence-corrected chi connectivity index (χ0v) is 22.2. The number of ether oxygens (including phenoxy) is 2. The van der Waals surface area contributed by atoms with Gasteiger partial charge in [-0.15, -0.1) is 0 Å². The van der Waals surface area contributed by atoms with E-state index in [9.17, 15) is 14.4 Å². The van der Waals surface area contributed by atoms with Crippen molar-refractivity contribution in [1.82, 2.24) is 5.32 Å². The molecule has 0 fully saturated rings. The van der Waals surface area contributed by atoms with E-state index in [0.717, 1.165) is 16.7 Å². The van der Waals surface area contributed by atoms with Crippen LogP contribution in [0.15, 0.2) is 72.8 Å². The molecule has 0 radical (unpaired) electrons. The van der Waals surface area contributed by atoms with Crippen molar-refractivity contribution in [3.8, 4) is 11.1 Å². The van der Waals surface area contributed by atoms with Crippen LogP contribution in [0.5, 0.6) is 0 Å². The molecule has 194 valence electrons. The van der Waals surface area contributed by atoms with Crippen molar-refractivity contribution >= 4 is 46.9 Å². The van der Waals surface area contributed by atoms with Gasteiger partial charge in [-0.3, -0.25) is 9.59 Å². The van der Waals surface area contributed by atoms with E-state index in [-0.39, 0.29) is 28.9 Å². The first-order valence-corrected chi connectivity index (χ1v) is 12.3. The van der Waals surface area contributed by atoms with E-state index in [2.05, 4.69) is 10.6 Å². The first-order valence-electron chi connectivity index (χ1n) is 11.6. The Kier molecular flexibility index (Phi) is 9.55. The lowest BCUT2D eigenvalue weighted by molar-refractivity contribution is -0.152. The minimum atomic E-state index is -1.39. The van der Waals surface area contributed by atoms with Crippen LogP contribution in [0.1, 0.15) is 26.3 Å². The second-order valence-corrected chi connectivity index (χ2v) is 10.0. The van der Waals surface area contributed by atoms with Gasteiger partial charge >= 0.3 is 12.1 Å². The molecule has 0 heterocycles. The second-order valence-electron chi connectivity index (χ2n) is 9.20. The van der Waals surface area contributed by atoms with Crippen LogP contribution in [0.2, 0.25) is 10.0 Å². The van der Waals surface area contributed by atoms with E-state index in [1.165, 1.54) is 0 Å². The summed E-state index contributed by atoms with van der Waals surface area (Å²) >= 11 is 12.9. The van der Waals surface area contributed by atoms with E-state index in [0.29, 0.717) is 0 Å². The SMILES string of the molecule is CC(C)(C)OC(=O)NC[C@@H](C(=O)Nc1c(Cl)cc(-c2ccccc2)cc1Cl)C(=O)OCc1ccccc1. The van der Waals surface area contributed by atoms with Gasteiger partial charge in [0.15, 0.2) is 5.92 Å². The molecule has 0 saturated carbocycles. The molecule has 0 saturated heterocycles. The summed E-state index contributed by atoms with van der Waals surface area (Å²) < 4.78 is 10.6. The molecule has 0 aliphatic heterocycles. The number of halogens is 2. The molecular weight excluding hydrogens is 515 g/mol. The van der Waals surface area contributed by atoms with Gasteiger partial charge in [-0.2, -0.15) is 0 Å². The summed E-state index contributed by atoms with van der Waals surface area (Å²) in [5, 5.41) is 5.45. The monoisotopic (exact) mass is 542 g/mol. The summed E-state index contributed by atoms with van der Waals surface area (Å²) in [5.41, 5.74) is 1.80. The van der Waals surface area contributed by atoms with Crippen LogP contribution in [0.3, 0.4) is 0 Å². The highest BCUT2D eigenvalue weighted by molar-refractivity contribution is 6.40. The molecule has 3 rings (SSSR count). The highest BCUT2D eigenvalue weighted by Crippen LogP contribution is 2.36. The minimum Gasteiger partial charge on any atom is -0.460 e. The van der Waals surface area contributed by atoms with Crippen LogP contribution in [-0.2, 0) is 25.7 Å². The summed E-state index contributed by atoms with van der Waals surface area (Å²) in [7, 11) is 0. The van der Waals surface area contributed by atoms with Crippen LogP contribution in [0.4, 0.5) is 10.5 Å². The minimum absolute atomic E-state index is 0.0385. The zero-order valence-electron chi connectivity index (χ0n) is 20.7. The number of carbonyl (C=O) groups is 3. The number of hydrogen-bond acceptors (Lipinski definition) is 5. The van der Waals surface area contributed by atoms with Crippen molar-refractivity contribution in [2.45, 2.75) is 33.0 Å². The normalized spacial score (nSPS) is 11.8. The highest BCUT2D eigenvalue weighted by atomic mass is 35.5. The Morgan fingerprint density at radius 1 is 0.865 bits per heavy atom. The Balaban J connectivity index is 1.77. The molecule has 9 heteroatoms. The number of rotatable bonds is 8. The number of amides is 2. The van der Waals surface area contributed by atoms with E-state index < -0.39 is 29.5 Å². The van der Waals surface area contributed by atoms with Crippen LogP contribution in [0, 0.1) is 5.92 Å². The number of alkyl carbamates (subject to hydrolysis) is 1. The number of anilines is 1. The lowest BCUT2D eigenvalue weighted by Crippen LogP contribution is -2.42. The molecular formula is C28H28Cl2N2O5. The molecule has 0 aromatic heterocycles. The fourth-order valence-electron chi connectivity index (χ4n) is 3.31. The molecule has 37 heavy (non-hydrogen) atoms. The first-order chi connectivity index (χ1) is 17.5. The summed E-state index contributed by atoms with van der Waals surface area (Å²) in [6.07, 6.45) is -0.774. The van der Waals surface area contributed by atoms with Crippen LogP contribution >= 0.6 is 23.2 Å². The predicted octanol–water partition coefficient (Wildman–Crippen LogP) is 6.48. The molecule has 1 atom stereocenters. The maximum Gasteiger partial charge on any atom is 0.407 e. The Labute approximate surface area is 226 Å². The molecule has 7 nitrogen and oxygen atoms in total. The number of carbonyl (C=O) groups excluding carboxylic acids is 3. The average Bonchev–Trinajstić information content (AvgIpc) is 2.85. The number of esters is 1. The van der Waals surface area contributed by atoms with Crippen LogP contribution < -0.4 is 10.6 Å². The third kappa shape index (κ3) is 8.51. The fraction of sp³-hybridized carbons (Fsp3) is 0.250. The third-order valence-electron chi connectivity index (χ3n) is 5.07. The predicted molar refractivity (Wildman–Crippen MR) is 144 cm³/mol. The van der Waals surface area contributed by atoms with Gasteiger partial charge in [-0.25, -0.2) is 4.79 Å².